The van der Waals surface area contributed by atoms with Gasteiger partial charge in [0.1, 0.15) is 5.56 Å². The van der Waals surface area contributed by atoms with Gasteiger partial charge in [0.05, 0.1) is 4.92 Å². The molecule has 1 aromatic carbocycles. The van der Waals surface area contributed by atoms with E-state index in [0.717, 1.165) is 19.3 Å². The molecule has 1 aliphatic carbocycles. The van der Waals surface area contributed by atoms with E-state index in [0.29, 0.717) is 5.69 Å². The molecule has 20 heavy (non-hydrogen) atoms. The van der Waals surface area contributed by atoms with Gasteiger partial charge in [-0.25, -0.2) is 4.79 Å². The Labute approximate surface area is 117 Å². The number of aromatic carboxylic acids is 1. The standard InChI is InChI=1S/C14H18N2O4/c1-14(2)6-5-10(8-14)15-9-3-4-12(16(19)20)11(7-9)13(17)18/h3-4,7,10,15H,5-6,8H2,1-2H3,(H,17,18). The minimum absolute atomic E-state index is 0.280. The van der Waals surface area contributed by atoms with Gasteiger partial charge in [-0.15, -0.1) is 0 Å². The SMILES string of the molecule is CC1(C)CCC(Nc2ccc([N+](=O)[O-])c(C(=O)O)c2)C1. The zero-order chi connectivity index (χ0) is 14.9. The van der Waals surface area contributed by atoms with E-state index < -0.39 is 10.9 Å². The van der Waals surface area contributed by atoms with Crippen LogP contribution in [0.2, 0.25) is 0 Å². The molecule has 0 amide bonds. The molecule has 6 nitrogen and oxygen atoms in total. The molecule has 108 valence electrons. The molecular weight excluding hydrogens is 260 g/mol. The van der Waals surface area contributed by atoms with E-state index in [1.165, 1.54) is 12.1 Å². The molecule has 1 unspecified atom stereocenters. The summed E-state index contributed by atoms with van der Waals surface area (Å²) in [5, 5.41) is 23.1. The topological polar surface area (TPSA) is 92.5 Å². The molecule has 0 bridgehead atoms. The van der Waals surface area contributed by atoms with Gasteiger partial charge >= 0.3 is 5.97 Å². The van der Waals surface area contributed by atoms with Crippen LogP contribution in [0.3, 0.4) is 0 Å². The van der Waals surface area contributed by atoms with Crippen molar-refractivity contribution in [2.75, 3.05) is 5.32 Å². The predicted molar refractivity (Wildman–Crippen MR) is 75.1 cm³/mol. The average molecular weight is 278 g/mol. The first kappa shape index (κ1) is 14.3. The Kier molecular flexibility index (Phi) is 3.65. The number of hydrogen-bond acceptors (Lipinski definition) is 4. The van der Waals surface area contributed by atoms with Crippen LogP contribution >= 0.6 is 0 Å². The van der Waals surface area contributed by atoms with Crippen LogP contribution < -0.4 is 5.32 Å². The number of nitro groups is 1. The number of hydrogen-bond donors (Lipinski definition) is 2. The molecule has 1 atom stereocenters. The van der Waals surface area contributed by atoms with Crippen molar-refractivity contribution < 1.29 is 14.8 Å². The first-order chi connectivity index (χ1) is 9.28. The lowest BCUT2D eigenvalue weighted by molar-refractivity contribution is -0.385. The lowest BCUT2D eigenvalue weighted by atomic mass is 9.92. The third-order valence-corrected chi connectivity index (χ3v) is 3.76. The van der Waals surface area contributed by atoms with Gasteiger partial charge in [-0.3, -0.25) is 10.1 Å². The molecule has 1 fully saturated rings. The van der Waals surface area contributed by atoms with Gasteiger partial charge < -0.3 is 10.4 Å². The van der Waals surface area contributed by atoms with E-state index in [4.69, 9.17) is 5.11 Å². The highest BCUT2D eigenvalue weighted by molar-refractivity contribution is 5.93. The maximum atomic E-state index is 11.1. The second-order valence-corrected chi connectivity index (χ2v) is 6.04. The second-order valence-electron chi connectivity index (χ2n) is 6.04. The zero-order valence-corrected chi connectivity index (χ0v) is 11.5. The number of nitrogens with one attached hydrogen (secondary N) is 1. The third kappa shape index (κ3) is 3.07. The molecule has 0 aromatic heterocycles. The zero-order valence-electron chi connectivity index (χ0n) is 11.5. The summed E-state index contributed by atoms with van der Waals surface area (Å²) in [5.41, 5.74) is 0.247. The molecule has 0 radical (unpaired) electrons. The number of carbonyl (C=O) groups is 1. The van der Waals surface area contributed by atoms with Crippen molar-refractivity contribution in [3.05, 3.63) is 33.9 Å². The Hall–Kier alpha value is -2.11. The summed E-state index contributed by atoms with van der Waals surface area (Å²) in [6.07, 6.45) is 3.14. The van der Waals surface area contributed by atoms with Gasteiger partial charge in [-0.2, -0.15) is 0 Å². The average Bonchev–Trinajstić information content (AvgIpc) is 2.68. The molecule has 0 aliphatic heterocycles. The minimum atomic E-state index is -1.29. The van der Waals surface area contributed by atoms with Crippen LogP contribution in [-0.2, 0) is 0 Å². The van der Waals surface area contributed by atoms with E-state index in [9.17, 15) is 14.9 Å². The van der Waals surface area contributed by atoms with Gasteiger partial charge in [0.2, 0.25) is 0 Å². The summed E-state index contributed by atoms with van der Waals surface area (Å²) >= 11 is 0. The van der Waals surface area contributed by atoms with Crippen LogP contribution in [-0.4, -0.2) is 22.0 Å². The fourth-order valence-corrected chi connectivity index (χ4v) is 2.75. The monoisotopic (exact) mass is 278 g/mol. The van der Waals surface area contributed by atoms with Crippen molar-refractivity contribution in [3.8, 4) is 0 Å². The summed E-state index contributed by atoms with van der Waals surface area (Å²) in [5.74, 6) is -1.29. The lowest BCUT2D eigenvalue weighted by Crippen LogP contribution is -2.18. The number of carboxylic acids is 1. The minimum Gasteiger partial charge on any atom is -0.477 e. The van der Waals surface area contributed by atoms with Crippen LogP contribution in [0, 0.1) is 15.5 Å². The molecular formula is C14H18N2O4. The highest BCUT2D eigenvalue weighted by Crippen LogP contribution is 2.38. The summed E-state index contributed by atoms with van der Waals surface area (Å²) in [6, 6.07) is 4.43. The van der Waals surface area contributed by atoms with Crippen LogP contribution in [0.4, 0.5) is 11.4 Å². The Balaban J connectivity index is 2.20. The van der Waals surface area contributed by atoms with E-state index in [-0.39, 0.29) is 22.7 Å². The Morgan fingerprint density at radius 2 is 2.20 bits per heavy atom. The van der Waals surface area contributed by atoms with Crippen molar-refractivity contribution >= 4 is 17.3 Å². The Bertz CT molecular complexity index is 554. The molecule has 6 heteroatoms. The van der Waals surface area contributed by atoms with Gasteiger partial charge in [-0.05, 0) is 36.8 Å². The Morgan fingerprint density at radius 3 is 2.70 bits per heavy atom. The van der Waals surface area contributed by atoms with Crippen molar-refractivity contribution in [1.29, 1.82) is 0 Å². The molecule has 0 heterocycles. The first-order valence-corrected chi connectivity index (χ1v) is 6.57. The van der Waals surface area contributed by atoms with E-state index in [2.05, 4.69) is 19.2 Å². The second kappa shape index (κ2) is 5.11. The van der Waals surface area contributed by atoms with Gasteiger partial charge in [-0.1, -0.05) is 13.8 Å². The number of anilines is 1. The molecule has 1 aromatic rings. The maximum Gasteiger partial charge on any atom is 0.342 e. The number of benzene rings is 1. The van der Waals surface area contributed by atoms with E-state index in [1.54, 1.807) is 6.07 Å². The lowest BCUT2D eigenvalue weighted by Gasteiger charge is -2.18. The van der Waals surface area contributed by atoms with Gasteiger partial charge in [0, 0.05) is 17.8 Å². The Morgan fingerprint density at radius 1 is 1.50 bits per heavy atom. The first-order valence-electron chi connectivity index (χ1n) is 6.57. The quantitative estimate of drug-likeness (QED) is 0.651. The fraction of sp³-hybridized carbons (Fsp3) is 0.500. The summed E-state index contributed by atoms with van der Waals surface area (Å²) in [4.78, 5) is 21.2. The maximum absolute atomic E-state index is 11.1. The van der Waals surface area contributed by atoms with Crippen LogP contribution in [0.5, 0.6) is 0 Å². The molecule has 2 rings (SSSR count). The predicted octanol–water partition coefficient (Wildman–Crippen LogP) is 3.28. The van der Waals surface area contributed by atoms with Crippen molar-refractivity contribution in [2.45, 2.75) is 39.2 Å². The number of nitrogens with zero attached hydrogens (tertiary/aromatic N) is 1. The van der Waals surface area contributed by atoms with Crippen LogP contribution in [0.1, 0.15) is 43.5 Å². The van der Waals surface area contributed by atoms with Crippen molar-refractivity contribution in [1.82, 2.24) is 0 Å². The van der Waals surface area contributed by atoms with E-state index >= 15 is 0 Å². The molecule has 1 aliphatic rings. The summed E-state index contributed by atoms with van der Waals surface area (Å²) in [7, 11) is 0. The van der Waals surface area contributed by atoms with Crippen molar-refractivity contribution in [2.24, 2.45) is 5.41 Å². The highest BCUT2D eigenvalue weighted by Gasteiger charge is 2.31. The van der Waals surface area contributed by atoms with E-state index in [1.807, 2.05) is 0 Å². The van der Waals surface area contributed by atoms with Crippen LogP contribution in [0.25, 0.3) is 0 Å². The smallest absolute Gasteiger partial charge is 0.342 e. The molecule has 0 spiro atoms. The van der Waals surface area contributed by atoms with Crippen molar-refractivity contribution in [3.63, 3.8) is 0 Å². The third-order valence-electron chi connectivity index (χ3n) is 3.76. The number of nitro benzene ring substituents is 1. The van der Waals surface area contributed by atoms with Gasteiger partial charge in [0.15, 0.2) is 0 Å². The molecule has 0 saturated heterocycles. The normalized spacial score (nSPS) is 20.6. The highest BCUT2D eigenvalue weighted by atomic mass is 16.6. The fourth-order valence-electron chi connectivity index (χ4n) is 2.75. The summed E-state index contributed by atoms with van der Waals surface area (Å²) in [6.45, 7) is 4.40. The molecule has 1 saturated carbocycles. The van der Waals surface area contributed by atoms with Gasteiger partial charge in [0.25, 0.3) is 5.69 Å². The number of rotatable bonds is 4. The number of carboxylic acid groups (broad SMARTS) is 1. The summed E-state index contributed by atoms with van der Waals surface area (Å²) < 4.78 is 0. The largest absolute Gasteiger partial charge is 0.477 e. The molecule has 2 N–H and O–H groups in total. The van der Waals surface area contributed by atoms with Crippen LogP contribution in [0.15, 0.2) is 18.2 Å².